The zero-order chi connectivity index (χ0) is 13.8. The van der Waals surface area contributed by atoms with Crippen LogP contribution in [0.3, 0.4) is 0 Å². The molecule has 1 aliphatic rings. The average molecular weight is 264 g/mol. The first-order chi connectivity index (χ1) is 9.10. The summed E-state index contributed by atoms with van der Waals surface area (Å²) < 4.78 is 1.70. The summed E-state index contributed by atoms with van der Waals surface area (Å²) in [5, 5.41) is 0. The van der Waals surface area contributed by atoms with Crippen molar-refractivity contribution in [1.29, 1.82) is 0 Å². The molecule has 0 saturated carbocycles. The maximum atomic E-state index is 11.7. The minimum absolute atomic E-state index is 0.0226. The molecule has 5 heteroatoms. The summed E-state index contributed by atoms with van der Waals surface area (Å²) in [6.07, 6.45) is 1.73. The summed E-state index contributed by atoms with van der Waals surface area (Å²) in [5.41, 5.74) is 6.38. The van der Waals surface area contributed by atoms with E-state index >= 15 is 0 Å². The van der Waals surface area contributed by atoms with Gasteiger partial charge in [0.15, 0.2) is 0 Å². The van der Waals surface area contributed by atoms with Gasteiger partial charge in [0, 0.05) is 56.7 Å². The van der Waals surface area contributed by atoms with Gasteiger partial charge in [-0.15, -0.1) is 0 Å². The molecular weight excluding hydrogens is 240 g/mol. The first-order valence-electron chi connectivity index (χ1n) is 7.02. The van der Waals surface area contributed by atoms with E-state index in [9.17, 15) is 4.79 Å². The third-order valence-electron chi connectivity index (χ3n) is 3.92. The van der Waals surface area contributed by atoms with Crippen molar-refractivity contribution in [2.45, 2.75) is 26.4 Å². The molecule has 1 aromatic heterocycles. The molecule has 5 nitrogen and oxygen atoms in total. The molecular formula is C14H24N4O. The highest BCUT2D eigenvalue weighted by molar-refractivity contribution is 5.33. The van der Waals surface area contributed by atoms with Gasteiger partial charge in [-0.05, 0) is 19.5 Å². The largest absolute Gasteiger partial charge is 0.398 e. The SMILES string of the molecule is CCN1CCN(CCn2cc(N)ccc2=O)CC1C. The number of likely N-dealkylation sites (N-methyl/N-ethyl adjacent to an activating group) is 1. The van der Waals surface area contributed by atoms with E-state index in [0.29, 0.717) is 18.3 Å². The second kappa shape index (κ2) is 6.21. The maximum absolute atomic E-state index is 11.7. The van der Waals surface area contributed by atoms with Crippen LogP contribution >= 0.6 is 0 Å². The molecule has 0 spiro atoms. The highest BCUT2D eigenvalue weighted by Crippen LogP contribution is 2.08. The fraction of sp³-hybridized carbons (Fsp3) is 0.643. The van der Waals surface area contributed by atoms with Gasteiger partial charge in [-0.2, -0.15) is 0 Å². The quantitative estimate of drug-likeness (QED) is 0.858. The van der Waals surface area contributed by atoms with Crippen LogP contribution in [0.2, 0.25) is 0 Å². The molecule has 0 aliphatic carbocycles. The molecule has 2 heterocycles. The lowest BCUT2D eigenvalue weighted by Gasteiger charge is -2.39. The summed E-state index contributed by atoms with van der Waals surface area (Å²) in [6, 6.07) is 3.78. The van der Waals surface area contributed by atoms with Gasteiger partial charge in [-0.25, -0.2) is 0 Å². The number of piperazine rings is 1. The molecule has 0 bridgehead atoms. The number of nitrogen functional groups attached to an aromatic ring is 1. The Morgan fingerprint density at radius 2 is 2.11 bits per heavy atom. The highest BCUT2D eigenvalue weighted by atomic mass is 16.1. The highest BCUT2D eigenvalue weighted by Gasteiger charge is 2.21. The topological polar surface area (TPSA) is 54.5 Å². The van der Waals surface area contributed by atoms with Gasteiger partial charge in [0.1, 0.15) is 0 Å². The molecule has 19 heavy (non-hydrogen) atoms. The normalized spacial score (nSPS) is 21.7. The summed E-state index contributed by atoms with van der Waals surface area (Å²) in [4.78, 5) is 16.6. The Balaban J connectivity index is 1.89. The molecule has 1 atom stereocenters. The van der Waals surface area contributed by atoms with Crippen LogP contribution in [-0.4, -0.2) is 53.1 Å². The van der Waals surface area contributed by atoms with E-state index in [1.165, 1.54) is 6.07 Å². The lowest BCUT2D eigenvalue weighted by atomic mass is 10.2. The van der Waals surface area contributed by atoms with Crippen LogP contribution in [0.15, 0.2) is 23.1 Å². The number of nitrogens with two attached hydrogens (primary N) is 1. The van der Waals surface area contributed by atoms with Crippen molar-refractivity contribution in [3.8, 4) is 0 Å². The third-order valence-corrected chi connectivity index (χ3v) is 3.92. The predicted molar refractivity (Wildman–Crippen MR) is 78.3 cm³/mol. The third kappa shape index (κ3) is 3.58. The average Bonchev–Trinajstić information content (AvgIpc) is 2.40. The van der Waals surface area contributed by atoms with E-state index < -0.39 is 0 Å². The Morgan fingerprint density at radius 1 is 1.32 bits per heavy atom. The number of anilines is 1. The van der Waals surface area contributed by atoms with Crippen molar-refractivity contribution in [2.75, 3.05) is 38.5 Å². The van der Waals surface area contributed by atoms with Gasteiger partial charge in [0.05, 0.1) is 0 Å². The summed E-state index contributed by atoms with van der Waals surface area (Å²) in [5.74, 6) is 0. The monoisotopic (exact) mass is 264 g/mol. The van der Waals surface area contributed by atoms with Gasteiger partial charge in [0.25, 0.3) is 5.56 Å². The second-order valence-electron chi connectivity index (χ2n) is 5.27. The van der Waals surface area contributed by atoms with Crippen molar-refractivity contribution in [1.82, 2.24) is 14.4 Å². The molecule has 2 N–H and O–H groups in total. The standard InChI is InChI=1S/C14H24N4O/c1-3-17-8-6-16(10-12(17)2)7-9-18-11-13(15)4-5-14(18)19/h4-5,11-12H,3,6-10,15H2,1-2H3. The van der Waals surface area contributed by atoms with Crippen LogP contribution in [0.5, 0.6) is 0 Å². The van der Waals surface area contributed by atoms with Crippen LogP contribution < -0.4 is 11.3 Å². The summed E-state index contributed by atoms with van der Waals surface area (Å²) in [7, 11) is 0. The molecule has 0 aromatic carbocycles. The van der Waals surface area contributed by atoms with Gasteiger partial charge in [0.2, 0.25) is 0 Å². The first kappa shape index (κ1) is 14.1. The molecule has 1 unspecified atom stereocenters. The summed E-state index contributed by atoms with van der Waals surface area (Å²) in [6.45, 7) is 10.5. The minimum Gasteiger partial charge on any atom is -0.398 e. The number of hydrogen-bond donors (Lipinski definition) is 1. The lowest BCUT2D eigenvalue weighted by molar-refractivity contribution is 0.0856. The van der Waals surface area contributed by atoms with Crippen LogP contribution in [0.1, 0.15) is 13.8 Å². The number of pyridine rings is 1. The van der Waals surface area contributed by atoms with Crippen LogP contribution in [-0.2, 0) is 6.54 Å². The van der Waals surface area contributed by atoms with E-state index in [1.54, 1.807) is 16.8 Å². The molecule has 1 saturated heterocycles. The number of nitrogens with zero attached hydrogens (tertiary/aromatic N) is 3. The van der Waals surface area contributed by atoms with E-state index in [1.807, 2.05) is 0 Å². The van der Waals surface area contributed by atoms with E-state index in [-0.39, 0.29) is 5.56 Å². The van der Waals surface area contributed by atoms with Gasteiger partial charge in [-0.1, -0.05) is 6.92 Å². The van der Waals surface area contributed by atoms with Crippen LogP contribution in [0.4, 0.5) is 5.69 Å². The van der Waals surface area contributed by atoms with Crippen molar-refractivity contribution in [2.24, 2.45) is 0 Å². The lowest BCUT2D eigenvalue weighted by Crippen LogP contribution is -2.52. The van der Waals surface area contributed by atoms with Crippen LogP contribution in [0.25, 0.3) is 0 Å². The predicted octanol–water partition coefficient (Wildman–Crippen LogP) is 0.456. The fourth-order valence-electron chi connectivity index (χ4n) is 2.72. The molecule has 2 rings (SSSR count). The number of hydrogen-bond acceptors (Lipinski definition) is 4. The van der Waals surface area contributed by atoms with E-state index in [4.69, 9.17) is 5.73 Å². The number of aromatic nitrogens is 1. The zero-order valence-electron chi connectivity index (χ0n) is 11.9. The van der Waals surface area contributed by atoms with Crippen molar-refractivity contribution in [3.05, 3.63) is 28.7 Å². The Hall–Kier alpha value is -1.33. The first-order valence-corrected chi connectivity index (χ1v) is 7.02. The van der Waals surface area contributed by atoms with Crippen molar-refractivity contribution in [3.63, 3.8) is 0 Å². The van der Waals surface area contributed by atoms with Gasteiger partial charge in [-0.3, -0.25) is 14.6 Å². The smallest absolute Gasteiger partial charge is 0.250 e. The summed E-state index contributed by atoms with van der Waals surface area (Å²) >= 11 is 0. The Labute approximate surface area is 114 Å². The molecule has 0 amide bonds. The molecule has 1 fully saturated rings. The maximum Gasteiger partial charge on any atom is 0.250 e. The molecule has 1 aromatic rings. The molecule has 0 radical (unpaired) electrons. The molecule has 1 aliphatic heterocycles. The minimum atomic E-state index is 0.0226. The van der Waals surface area contributed by atoms with Gasteiger partial charge >= 0.3 is 0 Å². The van der Waals surface area contributed by atoms with Crippen LogP contribution in [0, 0.1) is 0 Å². The fourth-order valence-corrected chi connectivity index (χ4v) is 2.72. The second-order valence-corrected chi connectivity index (χ2v) is 5.27. The van der Waals surface area contributed by atoms with Crippen molar-refractivity contribution < 1.29 is 0 Å². The van der Waals surface area contributed by atoms with E-state index in [2.05, 4.69) is 23.6 Å². The van der Waals surface area contributed by atoms with Gasteiger partial charge < -0.3 is 10.3 Å². The molecule has 106 valence electrons. The Morgan fingerprint density at radius 3 is 2.79 bits per heavy atom. The van der Waals surface area contributed by atoms with Crippen molar-refractivity contribution >= 4 is 5.69 Å². The van der Waals surface area contributed by atoms with E-state index in [0.717, 1.165) is 32.7 Å². The Bertz CT molecular complexity index is 471. The Kier molecular flexibility index (Phi) is 4.61. The number of rotatable bonds is 4. The zero-order valence-corrected chi connectivity index (χ0v) is 11.9.